The highest BCUT2D eigenvalue weighted by Crippen LogP contribution is 2.23. The molecule has 0 amide bonds. The first-order valence-corrected chi connectivity index (χ1v) is 6.68. The molecule has 3 nitrogen and oxygen atoms in total. The molecule has 4 heteroatoms. The van der Waals surface area contributed by atoms with Gasteiger partial charge in [0.15, 0.2) is 0 Å². The summed E-state index contributed by atoms with van der Waals surface area (Å²) >= 11 is 1.69. The van der Waals surface area contributed by atoms with Crippen LogP contribution in [-0.4, -0.2) is 9.97 Å². The fourth-order valence-electron chi connectivity index (χ4n) is 1.96. The van der Waals surface area contributed by atoms with E-state index < -0.39 is 0 Å². The molecule has 1 unspecified atom stereocenters. The fraction of sp³-hybridized carbons (Fsp3) is 0.143. The maximum absolute atomic E-state index is 6.22. The highest BCUT2D eigenvalue weighted by Gasteiger charge is 2.09. The van der Waals surface area contributed by atoms with Gasteiger partial charge in [-0.2, -0.15) is 0 Å². The molecule has 3 aromatic rings. The van der Waals surface area contributed by atoms with Gasteiger partial charge in [-0.3, -0.25) is 9.97 Å². The number of nitrogens with two attached hydrogens (primary N) is 1. The normalized spacial score (nSPS) is 12.7. The van der Waals surface area contributed by atoms with Crippen LogP contribution in [0.15, 0.2) is 48.2 Å². The molecular weight excluding hydrogens is 242 g/mol. The average molecular weight is 255 g/mol. The Morgan fingerprint density at radius 1 is 1.28 bits per heavy atom. The largest absolute Gasteiger partial charge is 0.324 e. The Hall–Kier alpha value is -1.78. The lowest BCUT2D eigenvalue weighted by Crippen LogP contribution is -2.13. The van der Waals surface area contributed by atoms with Crippen LogP contribution in [0.25, 0.3) is 10.2 Å². The number of rotatable bonds is 3. The van der Waals surface area contributed by atoms with Crippen LogP contribution in [0.4, 0.5) is 0 Å². The van der Waals surface area contributed by atoms with Gasteiger partial charge in [0.05, 0.1) is 10.2 Å². The molecule has 0 bridgehead atoms. The van der Waals surface area contributed by atoms with E-state index in [-0.39, 0.29) is 6.04 Å². The van der Waals surface area contributed by atoms with E-state index in [1.54, 1.807) is 17.5 Å². The first-order valence-electron chi connectivity index (χ1n) is 5.80. The van der Waals surface area contributed by atoms with Crippen molar-refractivity contribution >= 4 is 21.6 Å². The number of pyridine rings is 2. The second-order valence-electron chi connectivity index (χ2n) is 4.24. The summed E-state index contributed by atoms with van der Waals surface area (Å²) in [7, 11) is 0. The van der Waals surface area contributed by atoms with Gasteiger partial charge in [-0.1, -0.05) is 6.07 Å². The molecule has 3 rings (SSSR count). The Balaban J connectivity index is 1.85. The van der Waals surface area contributed by atoms with Gasteiger partial charge in [-0.15, -0.1) is 11.3 Å². The topological polar surface area (TPSA) is 51.8 Å². The lowest BCUT2D eigenvalue weighted by Gasteiger charge is -2.11. The lowest BCUT2D eigenvalue weighted by atomic mass is 10.0. The highest BCUT2D eigenvalue weighted by atomic mass is 32.1. The van der Waals surface area contributed by atoms with Gasteiger partial charge in [0.2, 0.25) is 0 Å². The molecule has 3 aromatic heterocycles. The van der Waals surface area contributed by atoms with Crippen molar-refractivity contribution in [1.29, 1.82) is 0 Å². The second kappa shape index (κ2) is 4.84. The van der Waals surface area contributed by atoms with Gasteiger partial charge < -0.3 is 5.73 Å². The van der Waals surface area contributed by atoms with Gasteiger partial charge in [0, 0.05) is 24.6 Å². The molecule has 0 aliphatic rings. The summed E-state index contributed by atoms with van der Waals surface area (Å²) in [6.45, 7) is 0. The summed E-state index contributed by atoms with van der Waals surface area (Å²) < 4.78 is 1.19. The van der Waals surface area contributed by atoms with Crippen LogP contribution < -0.4 is 5.73 Å². The molecular formula is C14H13N3S. The third-order valence-electron chi connectivity index (χ3n) is 2.93. The third kappa shape index (κ3) is 2.25. The molecule has 3 heterocycles. The molecule has 0 saturated carbocycles. The summed E-state index contributed by atoms with van der Waals surface area (Å²) in [5.41, 5.74) is 9.49. The molecule has 1 atom stereocenters. The van der Waals surface area contributed by atoms with Crippen molar-refractivity contribution in [1.82, 2.24) is 9.97 Å². The molecule has 0 aliphatic carbocycles. The minimum absolute atomic E-state index is 0.0341. The summed E-state index contributed by atoms with van der Waals surface area (Å²) in [4.78, 5) is 8.52. The van der Waals surface area contributed by atoms with Crippen molar-refractivity contribution in [3.05, 3.63) is 59.4 Å². The first kappa shape index (κ1) is 11.3. The summed E-state index contributed by atoms with van der Waals surface area (Å²) in [6, 6.07) is 8.10. The third-order valence-corrected chi connectivity index (χ3v) is 3.78. The van der Waals surface area contributed by atoms with Crippen LogP contribution in [0.2, 0.25) is 0 Å². The Morgan fingerprint density at radius 2 is 2.22 bits per heavy atom. The van der Waals surface area contributed by atoms with Crippen molar-refractivity contribution in [2.75, 3.05) is 0 Å². The first-order chi connectivity index (χ1) is 8.83. The van der Waals surface area contributed by atoms with Crippen molar-refractivity contribution in [2.45, 2.75) is 12.5 Å². The van der Waals surface area contributed by atoms with E-state index in [2.05, 4.69) is 16.0 Å². The van der Waals surface area contributed by atoms with E-state index in [0.29, 0.717) is 0 Å². The van der Waals surface area contributed by atoms with Gasteiger partial charge in [-0.25, -0.2) is 0 Å². The minimum atomic E-state index is -0.0341. The van der Waals surface area contributed by atoms with Crippen molar-refractivity contribution in [3.8, 4) is 0 Å². The Labute approximate surface area is 109 Å². The Kier molecular flexibility index (Phi) is 3.04. The number of fused-ring (bicyclic) bond motifs is 1. The molecule has 18 heavy (non-hydrogen) atoms. The van der Waals surface area contributed by atoms with E-state index in [9.17, 15) is 0 Å². The van der Waals surface area contributed by atoms with Crippen molar-refractivity contribution < 1.29 is 0 Å². The van der Waals surface area contributed by atoms with Gasteiger partial charge in [-0.05, 0) is 41.1 Å². The van der Waals surface area contributed by atoms with Gasteiger partial charge in [0.25, 0.3) is 0 Å². The van der Waals surface area contributed by atoms with Gasteiger partial charge >= 0.3 is 0 Å². The maximum atomic E-state index is 6.22. The number of hydrogen-bond donors (Lipinski definition) is 1. The predicted molar refractivity (Wildman–Crippen MR) is 74.5 cm³/mol. The monoisotopic (exact) mass is 255 g/mol. The molecule has 0 spiro atoms. The van der Waals surface area contributed by atoms with Crippen LogP contribution in [0.1, 0.15) is 17.2 Å². The van der Waals surface area contributed by atoms with Crippen LogP contribution >= 0.6 is 11.3 Å². The molecule has 0 fully saturated rings. The predicted octanol–water partition coefficient (Wildman–Crippen LogP) is 2.93. The zero-order valence-corrected chi connectivity index (χ0v) is 10.6. The van der Waals surface area contributed by atoms with E-state index in [0.717, 1.165) is 23.1 Å². The van der Waals surface area contributed by atoms with E-state index >= 15 is 0 Å². The van der Waals surface area contributed by atoms with E-state index in [1.807, 2.05) is 36.0 Å². The van der Waals surface area contributed by atoms with Crippen LogP contribution in [0.5, 0.6) is 0 Å². The number of hydrogen-bond acceptors (Lipinski definition) is 4. The second-order valence-corrected chi connectivity index (χ2v) is 5.19. The number of nitrogens with zero attached hydrogens (tertiary/aromatic N) is 2. The molecule has 0 saturated heterocycles. The van der Waals surface area contributed by atoms with Crippen LogP contribution in [0, 0.1) is 0 Å². The molecule has 0 radical (unpaired) electrons. The standard InChI is InChI=1S/C14H13N3S/c15-12(6-10-2-1-4-16-8-10)11-7-14-13(17-9-11)3-5-18-14/h1-5,7-9,12H,6,15H2. The Bertz CT molecular complexity index is 648. The SMILES string of the molecule is NC(Cc1cccnc1)c1cnc2ccsc2c1. The smallest absolute Gasteiger partial charge is 0.0809 e. The van der Waals surface area contributed by atoms with Crippen molar-refractivity contribution in [3.63, 3.8) is 0 Å². The van der Waals surface area contributed by atoms with Crippen molar-refractivity contribution in [2.24, 2.45) is 5.73 Å². The zero-order valence-electron chi connectivity index (χ0n) is 9.78. The molecule has 0 aliphatic heterocycles. The Morgan fingerprint density at radius 3 is 3.06 bits per heavy atom. The summed E-state index contributed by atoms with van der Waals surface area (Å²) in [6.07, 6.45) is 6.29. The molecule has 90 valence electrons. The summed E-state index contributed by atoms with van der Waals surface area (Å²) in [5, 5.41) is 2.05. The highest BCUT2D eigenvalue weighted by molar-refractivity contribution is 7.17. The fourth-order valence-corrected chi connectivity index (χ4v) is 2.74. The van der Waals surface area contributed by atoms with Gasteiger partial charge in [0.1, 0.15) is 0 Å². The zero-order chi connectivity index (χ0) is 12.4. The van der Waals surface area contributed by atoms with E-state index in [4.69, 9.17) is 5.73 Å². The average Bonchev–Trinajstić information content (AvgIpc) is 2.87. The molecule has 2 N–H and O–H groups in total. The number of aromatic nitrogens is 2. The van der Waals surface area contributed by atoms with Crippen LogP contribution in [-0.2, 0) is 6.42 Å². The minimum Gasteiger partial charge on any atom is -0.324 e. The van der Waals surface area contributed by atoms with E-state index in [1.165, 1.54) is 4.70 Å². The maximum Gasteiger partial charge on any atom is 0.0809 e. The quantitative estimate of drug-likeness (QED) is 0.783. The van der Waals surface area contributed by atoms with Crippen LogP contribution in [0.3, 0.4) is 0 Å². The summed E-state index contributed by atoms with van der Waals surface area (Å²) in [5.74, 6) is 0. The lowest BCUT2D eigenvalue weighted by molar-refractivity contribution is 0.718. The molecule has 0 aromatic carbocycles. The number of thiophene rings is 1.